The smallest absolute Gasteiger partial charge is 0.416 e. The fourth-order valence-electron chi connectivity index (χ4n) is 8.59. The first-order chi connectivity index (χ1) is 21.9. The van der Waals surface area contributed by atoms with E-state index >= 15 is 0 Å². The Bertz CT molecular complexity index is 1300. The third-order valence-electron chi connectivity index (χ3n) is 11.3. The summed E-state index contributed by atoms with van der Waals surface area (Å²) in [6, 6.07) is 4.17. The van der Waals surface area contributed by atoms with Gasteiger partial charge in [0.05, 0.1) is 30.2 Å². The molecule has 254 valence electrons. The van der Waals surface area contributed by atoms with E-state index in [4.69, 9.17) is 9.47 Å². The number of carbonyl (C=O) groups is 3. The van der Waals surface area contributed by atoms with Crippen molar-refractivity contribution in [1.29, 1.82) is 0 Å². The molecular formula is C36H49F3N2O5. The van der Waals surface area contributed by atoms with Crippen LogP contribution in [0.15, 0.2) is 30.4 Å². The molecule has 2 aliphatic carbocycles. The van der Waals surface area contributed by atoms with Crippen LogP contribution in [0.5, 0.6) is 0 Å². The van der Waals surface area contributed by atoms with Gasteiger partial charge in [-0.15, -0.1) is 0 Å². The largest absolute Gasteiger partial charge is 0.469 e. The molecule has 2 aliphatic heterocycles. The van der Waals surface area contributed by atoms with Gasteiger partial charge in [-0.2, -0.15) is 13.2 Å². The van der Waals surface area contributed by atoms with Crippen LogP contribution >= 0.6 is 0 Å². The highest BCUT2D eigenvalue weighted by atomic mass is 19.4. The maximum absolute atomic E-state index is 14.2. The van der Waals surface area contributed by atoms with Crippen LogP contribution in [0, 0.1) is 17.3 Å². The Morgan fingerprint density at radius 2 is 1.83 bits per heavy atom. The lowest BCUT2D eigenvalue weighted by atomic mass is 9.76. The number of alkyl halides is 3. The molecule has 0 N–H and O–H groups in total. The van der Waals surface area contributed by atoms with Crippen molar-refractivity contribution in [3.05, 3.63) is 47.0 Å². The summed E-state index contributed by atoms with van der Waals surface area (Å²) in [7, 11) is 3.00. The van der Waals surface area contributed by atoms with Crippen molar-refractivity contribution in [3.63, 3.8) is 0 Å². The summed E-state index contributed by atoms with van der Waals surface area (Å²) in [6.45, 7) is 4.41. The van der Waals surface area contributed by atoms with Gasteiger partial charge in [0.1, 0.15) is 6.29 Å². The number of nitrogens with zero attached hydrogens (tertiary/aromatic N) is 2. The Kier molecular flexibility index (Phi) is 10.7. The molecule has 1 saturated carbocycles. The highest BCUT2D eigenvalue weighted by Gasteiger charge is 2.51. The fourth-order valence-corrected chi connectivity index (χ4v) is 8.59. The van der Waals surface area contributed by atoms with Crippen LogP contribution in [0.4, 0.5) is 13.2 Å². The van der Waals surface area contributed by atoms with Crippen LogP contribution < -0.4 is 0 Å². The van der Waals surface area contributed by atoms with Crippen LogP contribution in [0.3, 0.4) is 0 Å². The molecule has 2 saturated heterocycles. The molecule has 0 radical (unpaired) electrons. The van der Waals surface area contributed by atoms with Gasteiger partial charge in [-0.25, -0.2) is 0 Å². The summed E-state index contributed by atoms with van der Waals surface area (Å²) in [5.74, 6) is -0.379. The number of methoxy groups -OCH3 is 2. The van der Waals surface area contributed by atoms with Gasteiger partial charge in [0.15, 0.2) is 0 Å². The molecule has 3 fully saturated rings. The molecule has 4 unspecified atom stereocenters. The standard InChI is InChI=1S/C36H49F3N2O5/c1-34(16-17-41(23-34)35(24-42)14-6-7-15-35)33(44)40-20-27(22-45-2)31(21-40)29-13-12-28(36(37,38)39)19-30(29)26-9-5-4-8-25(10-11-26)18-32(43)46-3/h6,12-14,19,24-27,31H,4-5,7-11,15-18,20-23H2,1-3H3/t25?,26?,27?,31-,34-,35?/m0/s1. The first-order valence-electron chi connectivity index (χ1n) is 16.9. The van der Waals surface area contributed by atoms with Crippen molar-refractivity contribution < 1.29 is 37.0 Å². The molecule has 6 atom stereocenters. The summed E-state index contributed by atoms with van der Waals surface area (Å²) >= 11 is 0. The number of carbonyl (C=O) groups excluding carboxylic acids is 3. The van der Waals surface area contributed by atoms with Crippen molar-refractivity contribution >= 4 is 18.2 Å². The Labute approximate surface area is 270 Å². The lowest BCUT2D eigenvalue weighted by Gasteiger charge is -2.35. The molecule has 4 aliphatic rings. The van der Waals surface area contributed by atoms with E-state index in [-0.39, 0.29) is 35.5 Å². The van der Waals surface area contributed by atoms with Crippen LogP contribution in [0.25, 0.3) is 0 Å². The summed E-state index contributed by atoms with van der Waals surface area (Å²) in [5, 5.41) is 0. The van der Waals surface area contributed by atoms with Gasteiger partial charge in [-0.05, 0) is 87.0 Å². The summed E-state index contributed by atoms with van der Waals surface area (Å²) in [5.41, 5.74) is -0.372. The van der Waals surface area contributed by atoms with E-state index in [1.165, 1.54) is 19.2 Å². The van der Waals surface area contributed by atoms with Crippen molar-refractivity contribution in [2.45, 2.75) is 94.7 Å². The Balaban J connectivity index is 1.41. The molecule has 7 nitrogen and oxygen atoms in total. The minimum atomic E-state index is -4.47. The second kappa shape index (κ2) is 14.2. The molecule has 0 aromatic heterocycles. The van der Waals surface area contributed by atoms with Crippen LogP contribution in [0.1, 0.15) is 99.7 Å². The molecule has 10 heteroatoms. The average molecular weight is 647 g/mol. The number of ether oxygens (including phenoxy) is 2. The quantitative estimate of drug-likeness (QED) is 0.173. The molecule has 46 heavy (non-hydrogen) atoms. The molecule has 0 bridgehead atoms. The normalized spacial score (nSPS) is 32.3. The zero-order chi connectivity index (χ0) is 33.1. The maximum atomic E-state index is 14.2. The van der Waals surface area contributed by atoms with Crippen LogP contribution in [-0.2, 0) is 30.0 Å². The number of halogens is 3. The van der Waals surface area contributed by atoms with E-state index in [9.17, 15) is 27.6 Å². The summed E-state index contributed by atoms with van der Waals surface area (Å²) in [4.78, 5) is 42.4. The van der Waals surface area contributed by atoms with Crippen LogP contribution in [0.2, 0.25) is 0 Å². The first-order valence-corrected chi connectivity index (χ1v) is 16.9. The van der Waals surface area contributed by atoms with E-state index < -0.39 is 22.7 Å². The SMILES string of the molecule is COCC1CN(C(=O)[C@@]2(C)CCN(C3(C=O)C=CCC3)C2)C[C@@H]1c1ccc(C(F)(F)F)cc1C1CCCCC(CC(=O)OC)CC1. The van der Waals surface area contributed by atoms with Gasteiger partial charge >= 0.3 is 12.1 Å². The van der Waals surface area contributed by atoms with Crippen molar-refractivity contribution in [2.24, 2.45) is 17.3 Å². The van der Waals surface area contributed by atoms with Gasteiger partial charge in [0.2, 0.25) is 5.91 Å². The Morgan fingerprint density at radius 1 is 1.04 bits per heavy atom. The number of hydrogen-bond acceptors (Lipinski definition) is 6. The predicted molar refractivity (Wildman–Crippen MR) is 168 cm³/mol. The fraction of sp³-hybridized carbons (Fsp3) is 0.694. The lowest BCUT2D eigenvalue weighted by Crippen LogP contribution is -2.49. The molecule has 0 spiro atoms. The minimum Gasteiger partial charge on any atom is -0.469 e. The van der Waals surface area contributed by atoms with E-state index in [1.807, 2.05) is 24.0 Å². The first kappa shape index (κ1) is 34.6. The van der Waals surface area contributed by atoms with Gasteiger partial charge < -0.3 is 19.2 Å². The maximum Gasteiger partial charge on any atom is 0.416 e. The number of allylic oxidation sites excluding steroid dienone is 1. The average Bonchev–Trinajstić information content (AvgIpc) is 3.77. The predicted octanol–water partition coefficient (Wildman–Crippen LogP) is 6.51. The monoisotopic (exact) mass is 646 g/mol. The van der Waals surface area contributed by atoms with Crippen molar-refractivity contribution in [2.75, 3.05) is 47.0 Å². The number of esters is 1. The Hall–Kier alpha value is -2.72. The molecule has 5 rings (SSSR count). The zero-order valence-corrected chi connectivity index (χ0v) is 27.4. The third kappa shape index (κ3) is 7.23. The second-order valence-corrected chi connectivity index (χ2v) is 14.4. The molecule has 1 amide bonds. The molecular weight excluding hydrogens is 597 g/mol. The third-order valence-corrected chi connectivity index (χ3v) is 11.3. The number of likely N-dealkylation sites (tertiary alicyclic amines) is 2. The van der Waals surface area contributed by atoms with Crippen LogP contribution in [-0.4, -0.2) is 80.5 Å². The molecule has 1 aromatic rings. The Morgan fingerprint density at radius 3 is 2.50 bits per heavy atom. The van der Waals surface area contributed by atoms with Crippen molar-refractivity contribution in [3.8, 4) is 0 Å². The number of benzene rings is 1. The summed E-state index contributed by atoms with van der Waals surface area (Å²) < 4.78 is 52.7. The van der Waals surface area contributed by atoms with E-state index in [0.29, 0.717) is 57.6 Å². The zero-order valence-electron chi connectivity index (χ0n) is 27.4. The van der Waals surface area contributed by atoms with Gasteiger partial charge in [0.25, 0.3) is 0 Å². The molecule has 2 heterocycles. The second-order valence-electron chi connectivity index (χ2n) is 14.4. The highest BCUT2D eigenvalue weighted by Crippen LogP contribution is 2.46. The topological polar surface area (TPSA) is 76.2 Å². The van der Waals surface area contributed by atoms with E-state index in [2.05, 4.69) is 4.90 Å². The highest BCUT2D eigenvalue weighted by molar-refractivity contribution is 5.84. The van der Waals surface area contributed by atoms with Gasteiger partial charge in [0, 0.05) is 51.5 Å². The van der Waals surface area contributed by atoms with E-state index in [0.717, 1.165) is 56.8 Å². The van der Waals surface area contributed by atoms with Crippen molar-refractivity contribution in [1.82, 2.24) is 9.80 Å². The van der Waals surface area contributed by atoms with E-state index in [1.54, 1.807) is 13.2 Å². The van der Waals surface area contributed by atoms with Gasteiger partial charge in [-0.1, -0.05) is 31.1 Å². The summed E-state index contributed by atoms with van der Waals surface area (Å²) in [6.07, 6.45) is 8.01. The number of amides is 1. The lowest BCUT2D eigenvalue weighted by molar-refractivity contribution is -0.142. The molecule has 1 aromatic carbocycles. The number of rotatable bonds is 9. The minimum absolute atomic E-state index is 0.0340. The number of hydrogen-bond donors (Lipinski definition) is 0. The van der Waals surface area contributed by atoms with Gasteiger partial charge in [-0.3, -0.25) is 14.5 Å². The number of aldehydes is 1.